The van der Waals surface area contributed by atoms with E-state index in [0.29, 0.717) is 17.2 Å². The van der Waals surface area contributed by atoms with E-state index in [4.69, 9.17) is 4.74 Å². The second-order valence-corrected chi connectivity index (χ2v) is 11.5. The smallest absolute Gasteiger partial charge is 0.244 e. The van der Waals surface area contributed by atoms with E-state index in [-0.39, 0.29) is 18.5 Å². The molecule has 1 N–H and O–H groups in total. The van der Waals surface area contributed by atoms with Crippen molar-refractivity contribution >= 4 is 27.5 Å². The third-order valence-electron chi connectivity index (χ3n) is 6.55. The second-order valence-electron chi connectivity index (χ2n) is 9.62. The first-order chi connectivity index (χ1) is 18.5. The number of carbonyl (C=O) groups excluding carboxylic acids is 2. The van der Waals surface area contributed by atoms with Gasteiger partial charge in [0.1, 0.15) is 24.1 Å². The van der Waals surface area contributed by atoms with Gasteiger partial charge in [0, 0.05) is 12.6 Å². The molecule has 0 fully saturated rings. The van der Waals surface area contributed by atoms with Crippen molar-refractivity contribution in [3.8, 4) is 11.5 Å². The van der Waals surface area contributed by atoms with Gasteiger partial charge in [-0.25, -0.2) is 8.42 Å². The van der Waals surface area contributed by atoms with Gasteiger partial charge in [-0.15, -0.1) is 0 Å². The van der Waals surface area contributed by atoms with E-state index < -0.39 is 28.5 Å². The molecule has 3 aromatic carbocycles. The van der Waals surface area contributed by atoms with Crippen molar-refractivity contribution < 1.29 is 22.7 Å². The van der Waals surface area contributed by atoms with Gasteiger partial charge in [-0.05, 0) is 74.7 Å². The molecule has 3 aromatic rings. The number of para-hydroxylation sites is 1. The number of ether oxygens (including phenoxy) is 1. The molecule has 0 unspecified atom stereocenters. The first kappa shape index (κ1) is 29.7. The summed E-state index contributed by atoms with van der Waals surface area (Å²) in [4.78, 5) is 28.2. The van der Waals surface area contributed by atoms with Crippen LogP contribution in [-0.4, -0.2) is 50.0 Å². The van der Waals surface area contributed by atoms with E-state index in [1.807, 2.05) is 75.4 Å². The van der Waals surface area contributed by atoms with E-state index in [2.05, 4.69) is 5.32 Å². The maximum Gasteiger partial charge on any atom is 0.244 e. The number of sulfonamides is 1. The van der Waals surface area contributed by atoms with Crippen LogP contribution in [0.3, 0.4) is 0 Å². The van der Waals surface area contributed by atoms with Crippen LogP contribution in [0.4, 0.5) is 5.69 Å². The summed E-state index contributed by atoms with van der Waals surface area (Å²) in [6.45, 7) is 7.17. The summed E-state index contributed by atoms with van der Waals surface area (Å²) in [5.74, 6) is 0.401. The highest BCUT2D eigenvalue weighted by Gasteiger charge is 2.30. The zero-order valence-electron chi connectivity index (χ0n) is 23.1. The number of carbonyl (C=O) groups is 2. The molecule has 2 amide bonds. The van der Waals surface area contributed by atoms with Crippen LogP contribution in [0.1, 0.15) is 38.3 Å². The van der Waals surface area contributed by atoms with E-state index in [1.165, 1.54) is 4.90 Å². The minimum Gasteiger partial charge on any atom is -0.457 e. The second kappa shape index (κ2) is 13.3. The minimum atomic E-state index is -3.82. The zero-order valence-corrected chi connectivity index (χ0v) is 23.9. The Bertz CT molecular complexity index is 1360. The monoisotopic (exact) mass is 551 g/mol. The molecule has 0 radical (unpaired) electrons. The standard InChI is InChI=1S/C30H37N3O5S/c1-6-23(3)31-30(35)24(4)32(20-25-13-11-10-12-22(25)2)29(34)21-33(39(5,36)37)26-16-18-28(19-17-26)38-27-14-8-7-9-15-27/h7-19,23-24H,6,20-21H2,1-5H3,(H,31,35)/t23-,24-/m1/s1. The van der Waals surface area contributed by atoms with Gasteiger partial charge in [0.15, 0.2) is 0 Å². The van der Waals surface area contributed by atoms with Crippen molar-refractivity contribution in [2.24, 2.45) is 0 Å². The number of nitrogens with zero attached hydrogens (tertiary/aromatic N) is 2. The van der Waals surface area contributed by atoms with Crippen LogP contribution in [0, 0.1) is 6.92 Å². The van der Waals surface area contributed by atoms with E-state index in [1.54, 1.807) is 31.2 Å². The predicted octanol–water partition coefficient (Wildman–Crippen LogP) is 4.89. The van der Waals surface area contributed by atoms with Crippen molar-refractivity contribution in [2.45, 2.75) is 52.7 Å². The molecule has 0 heterocycles. The van der Waals surface area contributed by atoms with Crippen LogP contribution in [0.5, 0.6) is 11.5 Å². The van der Waals surface area contributed by atoms with E-state index in [0.717, 1.165) is 28.1 Å². The molecular weight excluding hydrogens is 514 g/mol. The number of anilines is 1. The van der Waals surface area contributed by atoms with Gasteiger partial charge in [0.05, 0.1) is 11.9 Å². The van der Waals surface area contributed by atoms with Gasteiger partial charge in [-0.3, -0.25) is 13.9 Å². The van der Waals surface area contributed by atoms with E-state index in [9.17, 15) is 18.0 Å². The fraction of sp³-hybridized carbons (Fsp3) is 0.333. The fourth-order valence-electron chi connectivity index (χ4n) is 3.94. The molecule has 0 saturated carbocycles. The largest absolute Gasteiger partial charge is 0.457 e. The Kier molecular flexibility index (Phi) is 10.1. The highest BCUT2D eigenvalue weighted by atomic mass is 32.2. The molecular formula is C30H37N3O5S. The number of aryl methyl sites for hydroxylation is 1. The molecule has 0 aromatic heterocycles. The third kappa shape index (κ3) is 8.32. The zero-order chi connectivity index (χ0) is 28.6. The Labute approximate surface area is 231 Å². The van der Waals surface area contributed by atoms with Gasteiger partial charge >= 0.3 is 0 Å². The lowest BCUT2D eigenvalue weighted by Gasteiger charge is -2.32. The van der Waals surface area contributed by atoms with Gasteiger partial charge in [-0.2, -0.15) is 0 Å². The summed E-state index contributed by atoms with van der Waals surface area (Å²) in [5, 5.41) is 2.93. The van der Waals surface area contributed by atoms with Crippen molar-refractivity contribution in [3.05, 3.63) is 90.0 Å². The Hall–Kier alpha value is -3.85. The summed E-state index contributed by atoms with van der Waals surface area (Å²) >= 11 is 0. The Morgan fingerprint density at radius 2 is 1.49 bits per heavy atom. The maximum absolute atomic E-state index is 13.7. The average Bonchev–Trinajstić information content (AvgIpc) is 2.91. The number of amides is 2. The SMILES string of the molecule is CC[C@@H](C)NC(=O)[C@@H](C)N(Cc1ccccc1C)C(=O)CN(c1ccc(Oc2ccccc2)cc1)S(C)(=O)=O. The number of benzene rings is 3. The number of nitrogens with one attached hydrogen (secondary N) is 1. The first-order valence-electron chi connectivity index (χ1n) is 12.9. The van der Waals surface area contributed by atoms with Crippen LogP contribution in [0.15, 0.2) is 78.9 Å². The lowest BCUT2D eigenvalue weighted by molar-refractivity contribution is -0.139. The predicted molar refractivity (Wildman–Crippen MR) is 154 cm³/mol. The molecule has 0 aliphatic carbocycles. The highest BCUT2D eigenvalue weighted by molar-refractivity contribution is 7.92. The lowest BCUT2D eigenvalue weighted by Crippen LogP contribution is -2.52. The number of rotatable bonds is 12. The van der Waals surface area contributed by atoms with Gasteiger partial charge in [0.25, 0.3) is 0 Å². The highest BCUT2D eigenvalue weighted by Crippen LogP contribution is 2.26. The normalized spacial score (nSPS) is 12.7. The van der Waals surface area contributed by atoms with Crippen molar-refractivity contribution in [1.82, 2.24) is 10.2 Å². The van der Waals surface area contributed by atoms with Crippen molar-refractivity contribution in [2.75, 3.05) is 17.1 Å². The molecule has 0 aliphatic rings. The first-order valence-corrected chi connectivity index (χ1v) is 14.8. The van der Waals surface area contributed by atoms with Gasteiger partial charge in [-0.1, -0.05) is 49.4 Å². The number of hydrogen-bond donors (Lipinski definition) is 1. The average molecular weight is 552 g/mol. The topological polar surface area (TPSA) is 96.0 Å². The number of hydrogen-bond acceptors (Lipinski definition) is 5. The minimum absolute atomic E-state index is 0.0560. The molecule has 9 heteroatoms. The van der Waals surface area contributed by atoms with Gasteiger partial charge < -0.3 is 15.0 Å². The quantitative estimate of drug-likeness (QED) is 0.346. The molecule has 3 rings (SSSR count). The summed E-state index contributed by atoms with van der Waals surface area (Å²) in [5.41, 5.74) is 2.17. The van der Waals surface area contributed by atoms with E-state index >= 15 is 0 Å². The summed E-state index contributed by atoms with van der Waals surface area (Å²) < 4.78 is 32.5. The molecule has 0 aliphatic heterocycles. The van der Waals surface area contributed by atoms with Gasteiger partial charge in [0.2, 0.25) is 21.8 Å². The van der Waals surface area contributed by atoms with Crippen LogP contribution in [0.2, 0.25) is 0 Å². The molecule has 208 valence electrons. The summed E-state index contributed by atoms with van der Waals surface area (Å²) in [7, 11) is -3.82. The molecule has 8 nitrogen and oxygen atoms in total. The summed E-state index contributed by atoms with van der Waals surface area (Å²) in [6, 6.07) is 22.5. The fourth-order valence-corrected chi connectivity index (χ4v) is 4.79. The maximum atomic E-state index is 13.7. The molecule has 0 bridgehead atoms. The molecule has 0 spiro atoms. The van der Waals surface area contributed by atoms with Crippen LogP contribution >= 0.6 is 0 Å². The van der Waals surface area contributed by atoms with Crippen LogP contribution in [-0.2, 0) is 26.2 Å². The Balaban J connectivity index is 1.87. The Morgan fingerprint density at radius 3 is 2.08 bits per heavy atom. The Morgan fingerprint density at radius 1 is 0.897 bits per heavy atom. The lowest BCUT2D eigenvalue weighted by atomic mass is 10.1. The van der Waals surface area contributed by atoms with Crippen molar-refractivity contribution in [1.29, 1.82) is 0 Å². The molecule has 39 heavy (non-hydrogen) atoms. The molecule has 0 saturated heterocycles. The van der Waals surface area contributed by atoms with Crippen LogP contribution < -0.4 is 14.4 Å². The molecule has 2 atom stereocenters. The van der Waals surface area contributed by atoms with Crippen molar-refractivity contribution in [3.63, 3.8) is 0 Å². The third-order valence-corrected chi connectivity index (χ3v) is 7.69. The van der Waals surface area contributed by atoms with Crippen LogP contribution in [0.25, 0.3) is 0 Å². The summed E-state index contributed by atoms with van der Waals surface area (Å²) in [6.07, 6.45) is 1.80.